The van der Waals surface area contributed by atoms with Crippen molar-refractivity contribution in [2.45, 2.75) is 26.6 Å². The van der Waals surface area contributed by atoms with E-state index in [1.165, 1.54) is 0 Å². The Bertz CT molecular complexity index is 904. The van der Waals surface area contributed by atoms with Crippen LogP contribution in [0.1, 0.15) is 23.6 Å². The van der Waals surface area contributed by atoms with Crippen LogP contribution in [0.4, 0.5) is 0 Å². The molecule has 146 valence electrons. The van der Waals surface area contributed by atoms with Gasteiger partial charge in [0.1, 0.15) is 6.61 Å². The third-order valence-corrected chi connectivity index (χ3v) is 4.65. The fraction of sp³-hybridized carbons (Fsp3) is 0.227. The normalized spacial score (nSPS) is 10.7. The van der Waals surface area contributed by atoms with Crippen LogP contribution >= 0.6 is 23.2 Å². The Balaban J connectivity index is 1.68. The van der Waals surface area contributed by atoms with E-state index in [1.807, 2.05) is 55.6 Å². The second-order valence-corrected chi connectivity index (χ2v) is 7.05. The summed E-state index contributed by atoms with van der Waals surface area (Å²) in [5.41, 5.74) is 3.04. The zero-order valence-electron chi connectivity index (χ0n) is 15.6. The van der Waals surface area contributed by atoms with Crippen molar-refractivity contribution >= 4 is 23.2 Å². The summed E-state index contributed by atoms with van der Waals surface area (Å²) in [6, 6.07) is 15.2. The van der Waals surface area contributed by atoms with Crippen molar-refractivity contribution in [2.24, 2.45) is 0 Å². The van der Waals surface area contributed by atoms with E-state index in [2.05, 4.69) is 10.3 Å². The first-order chi connectivity index (χ1) is 13.7. The van der Waals surface area contributed by atoms with Crippen LogP contribution in [0.25, 0.3) is 0 Å². The number of pyridine rings is 1. The van der Waals surface area contributed by atoms with E-state index < -0.39 is 0 Å². The van der Waals surface area contributed by atoms with Crippen molar-refractivity contribution in [3.05, 3.63) is 87.7 Å². The van der Waals surface area contributed by atoms with Crippen LogP contribution in [0.2, 0.25) is 10.0 Å². The first kappa shape index (κ1) is 20.5. The largest absolute Gasteiger partial charge is 0.490 e. The SMILES string of the molecule is CCOc1cc(CNCc2cccnc2)c(Cl)cc1OCc1cccc(Cl)c1. The van der Waals surface area contributed by atoms with Crippen molar-refractivity contribution in [3.63, 3.8) is 0 Å². The predicted molar refractivity (Wildman–Crippen MR) is 113 cm³/mol. The van der Waals surface area contributed by atoms with Crippen LogP contribution in [0.3, 0.4) is 0 Å². The Morgan fingerprint density at radius 1 is 0.929 bits per heavy atom. The highest BCUT2D eigenvalue weighted by molar-refractivity contribution is 6.31. The number of hydrogen-bond acceptors (Lipinski definition) is 4. The second-order valence-electron chi connectivity index (χ2n) is 6.21. The van der Waals surface area contributed by atoms with Crippen LogP contribution in [0.5, 0.6) is 11.5 Å². The van der Waals surface area contributed by atoms with E-state index in [1.54, 1.807) is 12.3 Å². The van der Waals surface area contributed by atoms with Crippen molar-refractivity contribution < 1.29 is 9.47 Å². The molecule has 1 N–H and O–H groups in total. The minimum absolute atomic E-state index is 0.384. The van der Waals surface area contributed by atoms with Gasteiger partial charge in [0, 0.05) is 41.6 Å². The fourth-order valence-corrected chi connectivity index (χ4v) is 3.16. The summed E-state index contributed by atoms with van der Waals surface area (Å²) in [4.78, 5) is 4.12. The number of nitrogens with one attached hydrogen (secondary N) is 1. The topological polar surface area (TPSA) is 43.4 Å². The van der Waals surface area contributed by atoms with E-state index in [0.717, 1.165) is 16.7 Å². The van der Waals surface area contributed by atoms with Gasteiger partial charge in [0.25, 0.3) is 0 Å². The summed E-state index contributed by atoms with van der Waals surface area (Å²) in [5, 5.41) is 4.68. The van der Waals surface area contributed by atoms with Gasteiger partial charge in [-0.05, 0) is 47.9 Å². The summed E-state index contributed by atoms with van der Waals surface area (Å²) in [6.45, 7) is 4.19. The van der Waals surface area contributed by atoms with Gasteiger partial charge in [-0.15, -0.1) is 0 Å². The number of benzene rings is 2. The first-order valence-electron chi connectivity index (χ1n) is 9.07. The van der Waals surface area contributed by atoms with Gasteiger partial charge in [0.2, 0.25) is 0 Å². The third-order valence-electron chi connectivity index (χ3n) is 4.06. The van der Waals surface area contributed by atoms with Gasteiger partial charge >= 0.3 is 0 Å². The molecule has 3 rings (SSSR count). The molecule has 1 aromatic heterocycles. The molecule has 0 aliphatic heterocycles. The molecule has 0 bridgehead atoms. The number of hydrogen-bond donors (Lipinski definition) is 1. The first-order valence-corrected chi connectivity index (χ1v) is 9.83. The molecule has 0 radical (unpaired) electrons. The van der Waals surface area contributed by atoms with Crippen LogP contribution in [-0.4, -0.2) is 11.6 Å². The van der Waals surface area contributed by atoms with Crippen LogP contribution in [0, 0.1) is 0 Å². The predicted octanol–water partition coefficient (Wildman–Crippen LogP) is 5.66. The number of nitrogens with zero attached hydrogens (tertiary/aromatic N) is 1. The lowest BCUT2D eigenvalue weighted by Crippen LogP contribution is -2.13. The Morgan fingerprint density at radius 2 is 1.75 bits per heavy atom. The van der Waals surface area contributed by atoms with Crippen molar-refractivity contribution in [1.29, 1.82) is 0 Å². The summed E-state index contributed by atoms with van der Waals surface area (Å²) >= 11 is 12.5. The molecule has 0 atom stereocenters. The lowest BCUT2D eigenvalue weighted by molar-refractivity contribution is 0.269. The molecule has 0 spiro atoms. The van der Waals surface area contributed by atoms with Gasteiger partial charge in [-0.25, -0.2) is 0 Å². The molecule has 1 heterocycles. The summed E-state index contributed by atoms with van der Waals surface area (Å²) in [7, 11) is 0. The third kappa shape index (κ3) is 5.86. The minimum atomic E-state index is 0.384. The van der Waals surface area contributed by atoms with Crippen LogP contribution in [0.15, 0.2) is 60.9 Å². The zero-order chi connectivity index (χ0) is 19.8. The van der Waals surface area contributed by atoms with Crippen LogP contribution in [-0.2, 0) is 19.7 Å². The summed E-state index contributed by atoms with van der Waals surface area (Å²) < 4.78 is 11.7. The Morgan fingerprint density at radius 3 is 2.50 bits per heavy atom. The molecular weight excluding hydrogens is 395 g/mol. The summed E-state index contributed by atoms with van der Waals surface area (Å²) in [6.07, 6.45) is 3.60. The van der Waals surface area contributed by atoms with Gasteiger partial charge < -0.3 is 14.8 Å². The van der Waals surface area contributed by atoms with Crippen molar-refractivity contribution in [1.82, 2.24) is 10.3 Å². The van der Waals surface area contributed by atoms with Gasteiger partial charge in [-0.1, -0.05) is 41.4 Å². The minimum Gasteiger partial charge on any atom is -0.490 e. The fourth-order valence-electron chi connectivity index (χ4n) is 2.73. The number of rotatable bonds is 9. The molecule has 4 nitrogen and oxygen atoms in total. The Labute approximate surface area is 175 Å². The average molecular weight is 417 g/mol. The average Bonchev–Trinajstić information content (AvgIpc) is 2.70. The molecule has 0 aliphatic carbocycles. The van der Waals surface area contributed by atoms with Crippen molar-refractivity contribution in [2.75, 3.05) is 6.61 Å². The zero-order valence-corrected chi connectivity index (χ0v) is 17.1. The van der Waals surface area contributed by atoms with E-state index in [-0.39, 0.29) is 0 Å². The number of aromatic nitrogens is 1. The lowest BCUT2D eigenvalue weighted by Gasteiger charge is -2.15. The molecule has 6 heteroatoms. The molecule has 0 saturated heterocycles. The quantitative estimate of drug-likeness (QED) is 0.488. The van der Waals surface area contributed by atoms with Gasteiger partial charge in [0.15, 0.2) is 11.5 Å². The highest BCUT2D eigenvalue weighted by atomic mass is 35.5. The van der Waals surface area contributed by atoms with E-state index in [0.29, 0.717) is 47.8 Å². The van der Waals surface area contributed by atoms with Gasteiger partial charge in [0.05, 0.1) is 6.61 Å². The Hall–Kier alpha value is -2.27. The van der Waals surface area contributed by atoms with E-state index in [4.69, 9.17) is 32.7 Å². The maximum Gasteiger partial charge on any atom is 0.163 e. The highest BCUT2D eigenvalue weighted by Crippen LogP contribution is 2.34. The number of halogens is 2. The lowest BCUT2D eigenvalue weighted by atomic mass is 10.2. The monoisotopic (exact) mass is 416 g/mol. The number of ether oxygens (including phenoxy) is 2. The maximum atomic E-state index is 6.48. The maximum absolute atomic E-state index is 6.48. The molecule has 0 saturated carbocycles. The smallest absolute Gasteiger partial charge is 0.163 e. The van der Waals surface area contributed by atoms with E-state index >= 15 is 0 Å². The Kier molecular flexibility index (Phi) is 7.54. The second kappa shape index (κ2) is 10.3. The molecular formula is C22H22Cl2N2O2. The van der Waals surface area contributed by atoms with Gasteiger partial charge in [-0.2, -0.15) is 0 Å². The molecule has 28 heavy (non-hydrogen) atoms. The molecule has 3 aromatic rings. The molecule has 0 unspecified atom stereocenters. The molecule has 0 fully saturated rings. The van der Waals surface area contributed by atoms with Gasteiger partial charge in [-0.3, -0.25) is 4.98 Å². The molecule has 0 amide bonds. The summed E-state index contributed by atoms with van der Waals surface area (Å²) in [5.74, 6) is 1.29. The van der Waals surface area contributed by atoms with E-state index in [9.17, 15) is 0 Å². The van der Waals surface area contributed by atoms with Crippen LogP contribution < -0.4 is 14.8 Å². The molecule has 0 aliphatic rings. The standard InChI is InChI=1S/C22H22Cl2N2O2/c1-2-27-21-10-18(14-26-13-17-6-4-8-25-12-17)20(24)11-22(21)28-15-16-5-3-7-19(23)9-16/h3-12,26H,2,13-15H2,1H3. The molecule has 2 aromatic carbocycles. The highest BCUT2D eigenvalue weighted by Gasteiger charge is 2.12. The van der Waals surface area contributed by atoms with Crippen molar-refractivity contribution in [3.8, 4) is 11.5 Å².